The second-order valence-electron chi connectivity index (χ2n) is 2.72. The van der Waals surface area contributed by atoms with Crippen LogP contribution in [-0.4, -0.2) is 16.5 Å². The maximum atomic E-state index is 11.1. The first-order chi connectivity index (χ1) is 5.72. The van der Waals surface area contributed by atoms with Crippen LogP contribution in [0, 0.1) is 0 Å². The minimum Gasteiger partial charge on any atom is -0.465 e. The monoisotopic (exact) mass is 284 g/mol. The largest absolute Gasteiger partial charge is 0.465 e. The van der Waals surface area contributed by atoms with Crippen molar-refractivity contribution in [3.8, 4) is 0 Å². The second kappa shape index (κ2) is 7.83. The highest BCUT2D eigenvalue weighted by Crippen LogP contribution is 2.13. The van der Waals surface area contributed by atoms with Gasteiger partial charge >= 0.3 is 5.97 Å². The summed E-state index contributed by atoms with van der Waals surface area (Å²) in [5.41, 5.74) is 0. The highest BCUT2D eigenvalue weighted by atomic mass is 127. The summed E-state index contributed by atoms with van der Waals surface area (Å²) < 4.78 is 4.94. The molecule has 0 rings (SSSR count). The number of alkyl halides is 1. The third kappa shape index (κ3) is 5.80. The van der Waals surface area contributed by atoms with E-state index in [2.05, 4.69) is 29.5 Å². The van der Waals surface area contributed by atoms with Crippen LogP contribution in [0.5, 0.6) is 0 Å². The zero-order valence-electron chi connectivity index (χ0n) is 7.81. The van der Waals surface area contributed by atoms with Crippen LogP contribution in [0.25, 0.3) is 0 Å². The topological polar surface area (TPSA) is 26.3 Å². The van der Waals surface area contributed by atoms with Crippen LogP contribution in [0.2, 0.25) is 0 Å². The van der Waals surface area contributed by atoms with Gasteiger partial charge in [0.2, 0.25) is 0 Å². The smallest absolute Gasteiger partial charge is 0.318 e. The third-order valence-corrected chi connectivity index (χ3v) is 2.73. The van der Waals surface area contributed by atoms with Crippen molar-refractivity contribution in [2.75, 3.05) is 6.61 Å². The van der Waals surface area contributed by atoms with Gasteiger partial charge in [0.1, 0.15) is 3.92 Å². The van der Waals surface area contributed by atoms with Gasteiger partial charge in [-0.05, 0) is 13.3 Å². The minimum atomic E-state index is -0.0609. The van der Waals surface area contributed by atoms with Crippen molar-refractivity contribution < 1.29 is 9.53 Å². The van der Waals surface area contributed by atoms with Gasteiger partial charge in [0.25, 0.3) is 0 Å². The van der Waals surface area contributed by atoms with E-state index in [0.717, 1.165) is 12.8 Å². The van der Waals surface area contributed by atoms with Crippen LogP contribution in [-0.2, 0) is 9.53 Å². The average Bonchev–Trinajstić information content (AvgIpc) is 2.05. The predicted molar refractivity (Wildman–Crippen MR) is 58.6 cm³/mol. The Balaban J connectivity index is 3.42. The summed E-state index contributed by atoms with van der Waals surface area (Å²) >= 11 is 2.16. The Morgan fingerprint density at radius 3 is 2.58 bits per heavy atom. The molecule has 0 saturated carbocycles. The first-order valence-corrected chi connectivity index (χ1v) is 5.77. The zero-order valence-corrected chi connectivity index (χ0v) is 9.96. The number of rotatable bonds is 6. The summed E-state index contributed by atoms with van der Waals surface area (Å²) in [6.07, 6.45) is 4.49. The van der Waals surface area contributed by atoms with Crippen molar-refractivity contribution >= 4 is 28.6 Å². The van der Waals surface area contributed by atoms with Crippen molar-refractivity contribution in [3.63, 3.8) is 0 Å². The fourth-order valence-corrected chi connectivity index (χ4v) is 1.54. The summed E-state index contributed by atoms with van der Waals surface area (Å²) in [5, 5.41) is 0. The molecule has 0 amide bonds. The minimum absolute atomic E-state index is 0.0501. The summed E-state index contributed by atoms with van der Waals surface area (Å²) in [7, 11) is 0. The molecule has 2 nitrogen and oxygen atoms in total. The molecule has 0 aromatic heterocycles. The third-order valence-electron chi connectivity index (χ3n) is 1.60. The lowest BCUT2D eigenvalue weighted by Gasteiger charge is -2.07. The standard InChI is InChI=1S/C9H17IO2/c1-3-5-6-7-8(10)9(11)12-4-2/h8H,3-7H2,1-2H3. The molecule has 3 heteroatoms. The summed E-state index contributed by atoms with van der Waals surface area (Å²) in [6.45, 7) is 4.49. The Morgan fingerprint density at radius 2 is 2.08 bits per heavy atom. The van der Waals surface area contributed by atoms with Gasteiger partial charge in [-0.3, -0.25) is 4.79 Å². The molecule has 0 radical (unpaired) electrons. The molecule has 0 aliphatic heterocycles. The zero-order chi connectivity index (χ0) is 9.40. The van der Waals surface area contributed by atoms with E-state index in [1.807, 2.05) is 6.92 Å². The van der Waals surface area contributed by atoms with Gasteiger partial charge in [0.05, 0.1) is 6.61 Å². The Labute approximate surface area is 88.2 Å². The average molecular weight is 284 g/mol. The van der Waals surface area contributed by atoms with Gasteiger partial charge in [0.15, 0.2) is 0 Å². The molecule has 0 fully saturated rings. The first kappa shape index (κ1) is 12.2. The number of carbonyl (C=O) groups is 1. The molecule has 0 aromatic rings. The summed E-state index contributed by atoms with van der Waals surface area (Å²) in [5.74, 6) is -0.0609. The van der Waals surface area contributed by atoms with Gasteiger partial charge in [-0.15, -0.1) is 0 Å². The second-order valence-corrected chi connectivity index (χ2v) is 4.22. The lowest BCUT2D eigenvalue weighted by atomic mass is 10.1. The molecule has 0 bridgehead atoms. The van der Waals surface area contributed by atoms with E-state index in [4.69, 9.17) is 4.74 Å². The number of halogens is 1. The molecular weight excluding hydrogens is 267 g/mol. The Kier molecular flexibility index (Phi) is 7.96. The van der Waals surface area contributed by atoms with Gasteiger partial charge < -0.3 is 4.74 Å². The lowest BCUT2D eigenvalue weighted by Crippen LogP contribution is -2.16. The van der Waals surface area contributed by atoms with Crippen molar-refractivity contribution in [1.29, 1.82) is 0 Å². The first-order valence-electron chi connectivity index (χ1n) is 4.53. The van der Waals surface area contributed by atoms with E-state index in [9.17, 15) is 4.79 Å². The molecule has 0 saturated heterocycles. The van der Waals surface area contributed by atoms with E-state index in [0.29, 0.717) is 6.61 Å². The van der Waals surface area contributed by atoms with Crippen LogP contribution >= 0.6 is 22.6 Å². The van der Waals surface area contributed by atoms with Crippen LogP contribution in [0.1, 0.15) is 39.5 Å². The van der Waals surface area contributed by atoms with E-state index in [1.54, 1.807) is 0 Å². The highest BCUT2D eigenvalue weighted by molar-refractivity contribution is 14.1. The van der Waals surface area contributed by atoms with Crippen molar-refractivity contribution in [1.82, 2.24) is 0 Å². The summed E-state index contributed by atoms with van der Waals surface area (Å²) in [4.78, 5) is 11.1. The molecule has 1 atom stereocenters. The Bertz CT molecular complexity index is 126. The van der Waals surface area contributed by atoms with Crippen LogP contribution in [0.15, 0.2) is 0 Å². The van der Waals surface area contributed by atoms with Crippen molar-refractivity contribution in [2.24, 2.45) is 0 Å². The van der Waals surface area contributed by atoms with E-state index in [1.165, 1.54) is 12.8 Å². The molecular formula is C9H17IO2. The Hall–Kier alpha value is 0.200. The summed E-state index contributed by atoms with van der Waals surface area (Å²) in [6, 6.07) is 0. The van der Waals surface area contributed by atoms with Crippen molar-refractivity contribution in [2.45, 2.75) is 43.5 Å². The fraction of sp³-hybridized carbons (Fsp3) is 0.889. The number of hydrogen-bond donors (Lipinski definition) is 0. The van der Waals surface area contributed by atoms with Gasteiger partial charge in [-0.1, -0.05) is 48.8 Å². The van der Waals surface area contributed by atoms with Gasteiger partial charge in [-0.25, -0.2) is 0 Å². The van der Waals surface area contributed by atoms with Gasteiger partial charge in [0, 0.05) is 0 Å². The van der Waals surface area contributed by atoms with Crippen LogP contribution in [0.4, 0.5) is 0 Å². The van der Waals surface area contributed by atoms with Crippen molar-refractivity contribution in [3.05, 3.63) is 0 Å². The van der Waals surface area contributed by atoms with Crippen LogP contribution in [0.3, 0.4) is 0 Å². The molecule has 72 valence electrons. The molecule has 0 aliphatic carbocycles. The van der Waals surface area contributed by atoms with E-state index >= 15 is 0 Å². The molecule has 0 spiro atoms. The highest BCUT2D eigenvalue weighted by Gasteiger charge is 2.14. The lowest BCUT2D eigenvalue weighted by molar-refractivity contribution is -0.142. The molecule has 0 aliphatic rings. The predicted octanol–water partition coefficient (Wildman–Crippen LogP) is 2.93. The quantitative estimate of drug-likeness (QED) is 0.324. The normalized spacial score (nSPS) is 12.6. The molecule has 0 N–H and O–H groups in total. The molecule has 12 heavy (non-hydrogen) atoms. The number of carbonyl (C=O) groups excluding carboxylic acids is 1. The fourth-order valence-electron chi connectivity index (χ4n) is 0.924. The maximum absolute atomic E-state index is 11.1. The SMILES string of the molecule is CCCCCC(I)C(=O)OCC. The number of unbranched alkanes of at least 4 members (excludes halogenated alkanes) is 2. The number of hydrogen-bond acceptors (Lipinski definition) is 2. The number of esters is 1. The van der Waals surface area contributed by atoms with Crippen LogP contribution < -0.4 is 0 Å². The molecule has 0 heterocycles. The van der Waals surface area contributed by atoms with Gasteiger partial charge in [-0.2, -0.15) is 0 Å². The molecule has 0 aromatic carbocycles. The Morgan fingerprint density at radius 1 is 1.42 bits per heavy atom. The number of ether oxygens (including phenoxy) is 1. The maximum Gasteiger partial charge on any atom is 0.318 e. The van der Waals surface area contributed by atoms with E-state index < -0.39 is 0 Å². The van der Waals surface area contributed by atoms with E-state index in [-0.39, 0.29) is 9.89 Å². The molecule has 1 unspecified atom stereocenters.